The Balaban J connectivity index is 2.47. The van der Waals surface area contributed by atoms with Gasteiger partial charge in [-0.05, 0) is 36.8 Å². The molecule has 68 valence electrons. The van der Waals surface area contributed by atoms with E-state index in [0.29, 0.717) is 0 Å². The zero-order valence-electron chi connectivity index (χ0n) is 7.54. The molecule has 1 aromatic carbocycles. The predicted octanol–water partition coefficient (Wildman–Crippen LogP) is 1.38. The fraction of sp³-hybridized carbons (Fsp3) is 0.200. The third-order valence-corrected chi connectivity index (χ3v) is 2.09. The van der Waals surface area contributed by atoms with Crippen molar-refractivity contribution in [1.29, 1.82) is 0 Å². The first-order chi connectivity index (χ1) is 6.07. The molecule has 0 aromatic heterocycles. The Bertz CT molecular complexity index is 366. The molecule has 0 saturated carbocycles. The number of fused-ring (bicyclic) bond motifs is 1. The van der Waals surface area contributed by atoms with Crippen molar-refractivity contribution in [2.24, 2.45) is 5.73 Å². The van der Waals surface area contributed by atoms with Crippen LogP contribution in [0, 0.1) is 0 Å². The molecule has 0 fully saturated rings. The van der Waals surface area contributed by atoms with Gasteiger partial charge in [0.25, 0.3) is 0 Å². The Morgan fingerprint density at radius 3 is 2.92 bits per heavy atom. The van der Waals surface area contributed by atoms with E-state index < -0.39 is 5.66 Å². The number of nitrogens with one attached hydrogen (secondary N) is 1. The average Bonchev–Trinajstić information content (AvgIpc) is 2.05. The molecule has 3 nitrogen and oxygen atoms in total. The standard InChI is InChI=1S/C10H13N3/c1-10(12)5-4-7-6-8(11)2-3-9(7)13-10/h2-6,13H,11-12H2,1H3. The second-order valence-corrected chi connectivity index (χ2v) is 3.59. The van der Waals surface area contributed by atoms with Gasteiger partial charge in [-0.15, -0.1) is 0 Å². The van der Waals surface area contributed by atoms with Crippen molar-refractivity contribution >= 4 is 17.5 Å². The molecule has 0 bridgehead atoms. The maximum Gasteiger partial charge on any atom is 0.102 e. The van der Waals surface area contributed by atoms with E-state index in [0.717, 1.165) is 16.9 Å². The molecule has 1 atom stereocenters. The van der Waals surface area contributed by atoms with E-state index in [4.69, 9.17) is 11.5 Å². The van der Waals surface area contributed by atoms with Gasteiger partial charge in [0, 0.05) is 11.4 Å². The third kappa shape index (κ3) is 1.51. The van der Waals surface area contributed by atoms with Crippen LogP contribution in [0.3, 0.4) is 0 Å². The minimum absolute atomic E-state index is 0.455. The maximum absolute atomic E-state index is 5.90. The highest BCUT2D eigenvalue weighted by molar-refractivity contribution is 5.74. The molecule has 0 amide bonds. The second kappa shape index (κ2) is 2.50. The fourth-order valence-electron chi connectivity index (χ4n) is 1.43. The van der Waals surface area contributed by atoms with E-state index >= 15 is 0 Å². The number of hydrogen-bond acceptors (Lipinski definition) is 3. The summed E-state index contributed by atoms with van der Waals surface area (Å²) < 4.78 is 0. The van der Waals surface area contributed by atoms with Crippen molar-refractivity contribution < 1.29 is 0 Å². The van der Waals surface area contributed by atoms with Crippen molar-refractivity contribution in [3.8, 4) is 0 Å². The summed E-state index contributed by atoms with van der Waals surface area (Å²) in [6.45, 7) is 1.92. The van der Waals surface area contributed by atoms with Gasteiger partial charge in [0.1, 0.15) is 5.66 Å². The molecule has 1 aromatic rings. The van der Waals surface area contributed by atoms with Crippen LogP contribution in [-0.4, -0.2) is 5.66 Å². The molecule has 1 aliphatic heterocycles. The van der Waals surface area contributed by atoms with Gasteiger partial charge in [0.15, 0.2) is 0 Å². The summed E-state index contributed by atoms with van der Waals surface area (Å²) in [6.07, 6.45) is 3.91. The summed E-state index contributed by atoms with van der Waals surface area (Å²) in [5, 5.41) is 3.20. The van der Waals surface area contributed by atoms with Crippen LogP contribution in [0.2, 0.25) is 0 Å². The minimum atomic E-state index is -0.455. The van der Waals surface area contributed by atoms with Gasteiger partial charge in [-0.25, -0.2) is 0 Å². The molecule has 0 spiro atoms. The van der Waals surface area contributed by atoms with Crippen molar-refractivity contribution in [2.45, 2.75) is 12.6 Å². The van der Waals surface area contributed by atoms with Crippen molar-refractivity contribution in [2.75, 3.05) is 11.1 Å². The van der Waals surface area contributed by atoms with Crippen LogP contribution in [-0.2, 0) is 0 Å². The van der Waals surface area contributed by atoms with Crippen LogP contribution >= 0.6 is 0 Å². The Morgan fingerprint density at radius 1 is 1.38 bits per heavy atom. The number of hydrogen-bond donors (Lipinski definition) is 3. The van der Waals surface area contributed by atoms with Crippen LogP contribution in [0.1, 0.15) is 12.5 Å². The highest BCUT2D eigenvalue weighted by atomic mass is 15.1. The van der Waals surface area contributed by atoms with Crippen molar-refractivity contribution in [1.82, 2.24) is 0 Å². The molecule has 1 heterocycles. The largest absolute Gasteiger partial charge is 0.399 e. The van der Waals surface area contributed by atoms with Gasteiger partial charge >= 0.3 is 0 Å². The van der Waals surface area contributed by atoms with Gasteiger partial charge in [-0.1, -0.05) is 6.08 Å². The van der Waals surface area contributed by atoms with E-state index in [1.165, 1.54) is 0 Å². The lowest BCUT2D eigenvalue weighted by atomic mass is 10.0. The molecular formula is C10H13N3. The topological polar surface area (TPSA) is 64.1 Å². The summed E-state index contributed by atoms with van der Waals surface area (Å²) in [5.41, 5.74) is 14.0. The molecule has 5 N–H and O–H groups in total. The van der Waals surface area contributed by atoms with Gasteiger partial charge in [0.05, 0.1) is 0 Å². The minimum Gasteiger partial charge on any atom is -0.399 e. The number of nitrogen functional groups attached to an aromatic ring is 1. The van der Waals surface area contributed by atoms with Crippen LogP contribution in [0.5, 0.6) is 0 Å². The molecule has 1 unspecified atom stereocenters. The monoisotopic (exact) mass is 175 g/mol. The Kier molecular flexibility index (Phi) is 1.57. The average molecular weight is 175 g/mol. The van der Waals surface area contributed by atoms with Crippen LogP contribution < -0.4 is 16.8 Å². The quantitative estimate of drug-likeness (QED) is 0.522. The molecule has 0 radical (unpaired) electrons. The van der Waals surface area contributed by atoms with E-state index in [-0.39, 0.29) is 0 Å². The number of anilines is 2. The van der Waals surface area contributed by atoms with E-state index in [2.05, 4.69) is 5.32 Å². The Morgan fingerprint density at radius 2 is 2.15 bits per heavy atom. The van der Waals surface area contributed by atoms with Crippen LogP contribution in [0.4, 0.5) is 11.4 Å². The molecular weight excluding hydrogens is 162 g/mol. The highest BCUT2D eigenvalue weighted by Gasteiger charge is 2.18. The molecule has 2 rings (SSSR count). The van der Waals surface area contributed by atoms with Crippen LogP contribution in [0.15, 0.2) is 24.3 Å². The molecule has 3 heteroatoms. The lowest BCUT2D eigenvalue weighted by Gasteiger charge is -2.28. The lowest BCUT2D eigenvalue weighted by molar-refractivity contribution is 0.671. The Hall–Kier alpha value is -1.48. The maximum atomic E-state index is 5.90. The number of benzene rings is 1. The fourth-order valence-corrected chi connectivity index (χ4v) is 1.43. The summed E-state index contributed by atoms with van der Waals surface area (Å²) in [4.78, 5) is 0. The number of nitrogens with two attached hydrogens (primary N) is 2. The zero-order chi connectivity index (χ0) is 9.47. The van der Waals surface area contributed by atoms with E-state index in [9.17, 15) is 0 Å². The Labute approximate surface area is 77.4 Å². The first-order valence-electron chi connectivity index (χ1n) is 4.23. The normalized spacial score (nSPS) is 25.1. The summed E-state index contributed by atoms with van der Waals surface area (Å²) >= 11 is 0. The first kappa shape index (κ1) is 8.13. The van der Waals surface area contributed by atoms with E-state index in [1.54, 1.807) is 0 Å². The molecule has 0 saturated heterocycles. The second-order valence-electron chi connectivity index (χ2n) is 3.59. The molecule has 13 heavy (non-hydrogen) atoms. The summed E-state index contributed by atoms with van der Waals surface area (Å²) in [6, 6.07) is 5.73. The summed E-state index contributed by atoms with van der Waals surface area (Å²) in [5.74, 6) is 0. The van der Waals surface area contributed by atoms with Gasteiger partial charge in [0.2, 0.25) is 0 Å². The van der Waals surface area contributed by atoms with Crippen LogP contribution in [0.25, 0.3) is 6.08 Å². The molecule has 0 aliphatic carbocycles. The van der Waals surface area contributed by atoms with Crippen molar-refractivity contribution in [3.05, 3.63) is 29.8 Å². The van der Waals surface area contributed by atoms with Gasteiger partial charge in [-0.3, -0.25) is 0 Å². The van der Waals surface area contributed by atoms with E-state index in [1.807, 2.05) is 37.3 Å². The SMILES string of the molecule is CC1(N)C=Cc2cc(N)ccc2N1. The third-order valence-electron chi connectivity index (χ3n) is 2.09. The first-order valence-corrected chi connectivity index (χ1v) is 4.23. The predicted molar refractivity (Wildman–Crippen MR) is 56.1 cm³/mol. The smallest absolute Gasteiger partial charge is 0.102 e. The molecule has 1 aliphatic rings. The van der Waals surface area contributed by atoms with Crippen molar-refractivity contribution in [3.63, 3.8) is 0 Å². The number of rotatable bonds is 0. The van der Waals surface area contributed by atoms with Gasteiger partial charge in [-0.2, -0.15) is 0 Å². The highest BCUT2D eigenvalue weighted by Crippen LogP contribution is 2.27. The lowest BCUT2D eigenvalue weighted by Crippen LogP contribution is -2.43. The summed E-state index contributed by atoms with van der Waals surface area (Å²) in [7, 11) is 0. The van der Waals surface area contributed by atoms with Gasteiger partial charge < -0.3 is 16.8 Å². The zero-order valence-corrected chi connectivity index (χ0v) is 7.54.